The van der Waals surface area contributed by atoms with Crippen LogP contribution in [0.1, 0.15) is 90.8 Å². The lowest BCUT2D eigenvalue weighted by Crippen LogP contribution is -2.48. The van der Waals surface area contributed by atoms with Crippen LogP contribution in [0.5, 0.6) is 0 Å². The van der Waals surface area contributed by atoms with Crippen molar-refractivity contribution in [3.05, 3.63) is 33.8 Å². The molecule has 7 nitrogen and oxygen atoms in total. The number of carbonyl (C=O) groups is 2. The van der Waals surface area contributed by atoms with Crippen LogP contribution < -0.4 is 5.32 Å². The third kappa shape index (κ3) is 7.84. The summed E-state index contributed by atoms with van der Waals surface area (Å²) in [5.74, 6) is -1.28. The molecule has 0 bridgehead atoms. The number of thiazole rings is 1. The van der Waals surface area contributed by atoms with Gasteiger partial charge in [-0.05, 0) is 59.0 Å². The number of aryl methyl sites for hydroxylation is 1. The first-order chi connectivity index (χ1) is 17.7. The number of rotatable bonds is 4. The first-order valence-corrected chi connectivity index (χ1v) is 14.7. The van der Waals surface area contributed by atoms with Gasteiger partial charge in [-0.3, -0.25) is 9.59 Å². The topological polar surface area (TPSA) is 112 Å². The lowest BCUT2D eigenvalue weighted by atomic mass is 9.71. The first-order valence-electron chi connectivity index (χ1n) is 13.8. The van der Waals surface area contributed by atoms with Crippen molar-refractivity contribution < 1.29 is 24.5 Å². The maximum atomic E-state index is 13.8. The van der Waals surface area contributed by atoms with E-state index in [4.69, 9.17) is 4.74 Å². The maximum absolute atomic E-state index is 13.8. The number of aliphatic hydroxyl groups excluding tert-OH is 2. The number of carbonyl (C=O) groups excluding carboxylic acids is 2. The molecule has 3 N–H and O–H groups in total. The molecule has 3 heterocycles. The van der Waals surface area contributed by atoms with E-state index in [1.165, 1.54) is 0 Å². The van der Waals surface area contributed by atoms with E-state index in [1.807, 2.05) is 51.3 Å². The van der Waals surface area contributed by atoms with Gasteiger partial charge in [-0.2, -0.15) is 0 Å². The summed E-state index contributed by atoms with van der Waals surface area (Å²) in [6, 6.07) is -0.290. The van der Waals surface area contributed by atoms with Crippen LogP contribution in [-0.4, -0.2) is 56.8 Å². The van der Waals surface area contributed by atoms with Crippen molar-refractivity contribution in [2.24, 2.45) is 17.3 Å². The average molecular weight is 547 g/mol. The van der Waals surface area contributed by atoms with Gasteiger partial charge >= 0.3 is 0 Å². The Kier molecular flexibility index (Phi) is 10.1. The third-order valence-electron chi connectivity index (χ3n) is 8.28. The number of ketones is 1. The van der Waals surface area contributed by atoms with Crippen molar-refractivity contribution in [2.45, 2.75) is 117 Å². The van der Waals surface area contributed by atoms with Crippen LogP contribution in [0.2, 0.25) is 0 Å². The molecule has 2 saturated heterocycles. The number of fused-ring (bicyclic) bond motifs is 1. The zero-order chi connectivity index (χ0) is 28.3. The summed E-state index contributed by atoms with van der Waals surface area (Å²) in [5, 5.41) is 28.4. The molecule has 3 rings (SSSR count). The first kappa shape index (κ1) is 30.7. The zero-order valence-electron chi connectivity index (χ0n) is 24.0. The molecule has 7 atom stereocenters. The Morgan fingerprint density at radius 1 is 1.26 bits per heavy atom. The van der Waals surface area contributed by atoms with Crippen molar-refractivity contribution in [1.82, 2.24) is 10.3 Å². The Morgan fingerprint density at radius 3 is 2.61 bits per heavy atom. The van der Waals surface area contributed by atoms with Crippen LogP contribution in [0.3, 0.4) is 0 Å². The van der Waals surface area contributed by atoms with E-state index in [1.54, 1.807) is 25.2 Å². The van der Waals surface area contributed by atoms with Crippen molar-refractivity contribution in [3.8, 4) is 0 Å². The summed E-state index contributed by atoms with van der Waals surface area (Å²) in [6.07, 6.45) is 7.11. The van der Waals surface area contributed by atoms with Gasteiger partial charge in [0.2, 0.25) is 5.91 Å². The standard InChI is InChI=1S/C30H46N2O5S/c1-18(2)10-13-23-27(35)19(3)9-8-14-30(7)25(37-30)15-21(11-12-22-17-38-20(4)31-22)32-26(34)16-24(33)29(5,6)28(23)36/h10-12,17,19,21,23-25,27,33,35H,8-9,13-16H2,1-7H3,(H,32,34)/t19-,21+,23+,24-,25?,27+,30?/m0/s1. The van der Waals surface area contributed by atoms with Gasteiger partial charge in [0.15, 0.2) is 0 Å². The molecule has 1 aromatic heterocycles. The highest BCUT2D eigenvalue weighted by Gasteiger charge is 2.52. The predicted molar refractivity (Wildman–Crippen MR) is 152 cm³/mol. The molecule has 1 aromatic rings. The molecule has 0 radical (unpaired) electrons. The highest BCUT2D eigenvalue weighted by Crippen LogP contribution is 2.44. The minimum absolute atomic E-state index is 0.0103. The number of aromatic nitrogens is 1. The molecule has 2 aliphatic heterocycles. The molecule has 2 fully saturated rings. The Balaban J connectivity index is 1.86. The van der Waals surface area contributed by atoms with Gasteiger partial charge in [-0.1, -0.05) is 44.9 Å². The number of epoxide rings is 1. The number of Topliss-reactive ketones (excluding diaryl/α,β-unsaturated/α-hetero) is 1. The highest BCUT2D eigenvalue weighted by molar-refractivity contribution is 7.09. The van der Waals surface area contributed by atoms with E-state index in [2.05, 4.69) is 17.2 Å². The fraction of sp³-hybridized carbons (Fsp3) is 0.700. The van der Waals surface area contributed by atoms with E-state index in [-0.39, 0.29) is 41.8 Å². The smallest absolute Gasteiger partial charge is 0.223 e. The van der Waals surface area contributed by atoms with E-state index >= 15 is 0 Å². The molecule has 0 aliphatic carbocycles. The molecule has 38 heavy (non-hydrogen) atoms. The quantitative estimate of drug-likeness (QED) is 0.362. The highest BCUT2D eigenvalue weighted by atomic mass is 32.1. The minimum atomic E-state index is -1.20. The monoisotopic (exact) mass is 546 g/mol. The Bertz CT molecular complexity index is 1040. The summed E-state index contributed by atoms with van der Waals surface area (Å²) in [6.45, 7) is 13.3. The lowest BCUT2D eigenvalue weighted by molar-refractivity contribution is -0.143. The number of hydrogen-bond donors (Lipinski definition) is 3. The number of allylic oxidation sites excluding steroid dienone is 2. The van der Waals surface area contributed by atoms with Gasteiger partial charge in [0.25, 0.3) is 0 Å². The van der Waals surface area contributed by atoms with Crippen LogP contribution in [-0.2, 0) is 14.3 Å². The third-order valence-corrected chi connectivity index (χ3v) is 9.07. The van der Waals surface area contributed by atoms with E-state index in [0.29, 0.717) is 12.8 Å². The molecule has 0 spiro atoms. The molecule has 8 heteroatoms. The fourth-order valence-corrected chi connectivity index (χ4v) is 5.92. The number of nitrogens with one attached hydrogen (secondary N) is 1. The number of ether oxygens (including phenoxy) is 1. The maximum Gasteiger partial charge on any atom is 0.223 e. The molecule has 0 aromatic carbocycles. The molecular formula is C30H46N2O5S. The van der Waals surface area contributed by atoms with Gasteiger partial charge < -0.3 is 20.3 Å². The Hall–Kier alpha value is -1.87. The second kappa shape index (κ2) is 12.5. The van der Waals surface area contributed by atoms with Gasteiger partial charge in [-0.15, -0.1) is 11.3 Å². The number of aliphatic hydroxyl groups is 2. The summed E-state index contributed by atoms with van der Waals surface area (Å²) in [4.78, 5) is 31.3. The van der Waals surface area contributed by atoms with Crippen molar-refractivity contribution in [3.63, 3.8) is 0 Å². The summed E-state index contributed by atoms with van der Waals surface area (Å²) < 4.78 is 6.10. The summed E-state index contributed by atoms with van der Waals surface area (Å²) >= 11 is 1.57. The molecule has 1 amide bonds. The summed E-state index contributed by atoms with van der Waals surface area (Å²) in [5.41, 5.74) is 0.445. The number of amides is 1. The number of hydrogen-bond acceptors (Lipinski definition) is 7. The van der Waals surface area contributed by atoms with Crippen LogP contribution in [0.25, 0.3) is 6.08 Å². The average Bonchev–Trinajstić information content (AvgIpc) is 3.26. The molecule has 2 aliphatic rings. The van der Waals surface area contributed by atoms with Gasteiger partial charge in [0, 0.05) is 17.7 Å². The van der Waals surface area contributed by atoms with Gasteiger partial charge in [-0.25, -0.2) is 4.98 Å². The van der Waals surface area contributed by atoms with Crippen LogP contribution in [0.4, 0.5) is 0 Å². The van der Waals surface area contributed by atoms with Gasteiger partial charge in [0.1, 0.15) is 5.78 Å². The number of nitrogens with zero attached hydrogens (tertiary/aromatic N) is 1. The lowest BCUT2D eigenvalue weighted by Gasteiger charge is -2.36. The van der Waals surface area contributed by atoms with E-state index < -0.39 is 23.5 Å². The predicted octanol–water partition coefficient (Wildman–Crippen LogP) is 5.00. The summed E-state index contributed by atoms with van der Waals surface area (Å²) in [7, 11) is 0. The Morgan fingerprint density at radius 2 is 1.97 bits per heavy atom. The minimum Gasteiger partial charge on any atom is -0.392 e. The van der Waals surface area contributed by atoms with Gasteiger partial charge in [0.05, 0.1) is 52.5 Å². The molecular weight excluding hydrogens is 500 g/mol. The molecule has 0 saturated carbocycles. The van der Waals surface area contributed by atoms with E-state index in [0.717, 1.165) is 35.5 Å². The normalized spacial score (nSPS) is 35.0. The van der Waals surface area contributed by atoms with Crippen LogP contribution in [0.15, 0.2) is 23.1 Å². The van der Waals surface area contributed by atoms with Crippen molar-refractivity contribution in [2.75, 3.05) is 0 Å². The van der Waals surface area contributed by atoms with Crippen LogP contribution in [0, 0.1) is 24.2 Å². The molecule has 212 valence electrons. The second-order valence-electron chi connectivity index (χ2n) is 12.3. The van der Waals surface area contributed by atoms with Crippen molar-refractivity contribution >= 4 is 29.1 Å². The van der Waals surface area contributed by atoms with Crippen molar-refractivity contribution in [1.29, 1.82) is 0 Å². The largest absolute Gasteiger partial charge is 0.392 e. The fourth-order valence-electron chi connectivity index (χ4n) is 5.34. The Labute approximate surface area is 231 Å². The zero-order valence-corrected chi connectivity index (χ0v) is 24.8. The molecule has 2 unspecified atom stereocenters. The second-order valence-corrected chi connectivity index (χ2v) is 13.3. The van der Waals surface area contributed by atoms with E-state index in [9.17, 15) is 19.8 Å². The SMILES string of the molecule is CC(C)=CC[C@H]1C(=O)C(C)(C)[C@@H](O)CC(=O)N[C@H](C=Cc2csc(C)n2)CC2OC2(C)CCC[C@H](C)[C@H]1O. The van der Waals surface area contributed by atoms with Crippen LogP contribution >= 0.6 is 11.3 Å².